The van der Waals surface area contributed by atoms with E-state index in [4.69, 9.17) is 15.1 Å². The normalized spacial score (nSPS) is 20.9. The summed E-state index contributed by atoms with van der Waals surface area (Å²) < 4.78 is 27.8. The minimum Gasteiger partial charge on any atom is -0.341 e. The van der Waals surface area contributed by atoms with E-state index in [-0.39, 0.29) is 18.1 Å². The summed E-state index contributed by atoms with van der Waals surface area (Å²) in [4.78, 5) is 15.6. The van der Waals surface area contributed by atoms with Crippen LogP contribution in [0.3, 0.4) is 0 Å². The highest BCUT2D eigenvalue weighted by atomic mass is 32.2. The summed E-state index contributed by atoms with van der Waals surface area (Å²) in [7, 11) is 0.421. The number of rotatable bonds is 7. The first-order valence-corrected chi connectivity index (χ1v) is 16.9. The molecule has 2 aliphatic rings. The van der Waals surface area contributed by atoms with Crippen LogP contribution in [0.4, 0.5) is 16.1 Å². The van der Waals surface area contributed by atoms with E-state index in [1.807, 2.05) is 47.7 Å². The third-order valence-corrected chi connectivity index (χ3v) is 11.5. The van der Waals surface area contributed by atoms with Crippen LogP contribution in [-0.4, -0.2) is 70.8 Å². The van der Waals surface area contributed by atoms with Gasteiger partial charge in [-0.05, 0) is 39.0 Å². The molecule has 210 valence electrons. The van der Waals surface area contributed by atoms with Gasteiger partial charge in [-0.15, -0.1) is 5.10 Å². The third-order valence-electron chi connectivity index (χ3n) is 8.19. The van der Waals surface area contributed by atoms with E-state index < -0.39 is 10.0 Å². The number of imidazole rings is 1. The highest BCUT2D eigenvalue weighted by Gasteiger charge is 2.44. The Kier molecular flexibility index (Phi) is 6.85. The fraction of sp³-hybridized carbons (Fsp3) is 0.481. The van der Waals surface area contributed by atoms with Gasteiger partial charge in [-0.25, -0.2) is 22.7 Å². The molecule has 0 amide bonds. The summed E-state index contributed by atoms with van der Waals surface area (Å²) in [5, 5.41) is 16.6. The number of thiazole rings is 1. The van der Waals surface area contributed by atoms with Crippen LogP contribution in [0.2, 0.25) is 0 Å². The maximum absolute atomic E-state index is 12.2. The van der Waals surface area contributed by atoms with Crippen molar-refractivity contribution < 1.29 is 8.42 Å². The Bertz CT molecular complexity index is 1700. The molecule has 2 aliphatic heterocycles. The summed E-state index contributed by atoms with van der Waals surface area (Å²) in [6.07, 6.45) is 5.68. The lowest BCUT2D eigenvalue weighted by Gasteiger charge is -2.41. The molecule has 13 heteroatoms. The third kappa shape index (κ3) is 4.56. The molecule has 4 aromatic rings. The quantitative estimate of drug-likeness (QED) is 0.299. The molecule has 2 saturated heterocycles. The second-order valence-electron chi connectivity index (χ2n) is 10.7. The zero-order valence-electron chi connectivity index (χ0n) is 23.2. The summed E-state index contributed by atoms with van der Waals surface area (Å²) in [6.45, 7) is 4.12. The SMILES string of the molecule is CCc1nc2sc(N3C4CCC3CC(N(C)S(C)(=O)=O)C4)nn2c1N(C)c1nc(-c2ccc(C)cc2)c(C#N)s1. The molecule has 5 heterocycles. The van der Waals surface area contributed by atoms with Crippen LogP contribution in [-0.2, 0) is 16.4 Å². The fourth-order valence-corrected chi connectivity index (χ4v) is 8.62. The summed E-state index contributed by atoms with van der Waals surface area (Å²) >= 11 is 2.95. The van der Waals surface area contributed by atoms with Crippen LogP contribution in [0, 0.1) is 18.3 Å². The molecule has 3 aromatic heterocycles. The van der Waals surface area contributed by atoms with Crippen LogP contribution in [0.25, 0.3) is 16.2 Å². The van der Waals surface area contributed by atoms with E-state index in [0.717, 1.165) is 64.8 Å². The van der Waals surface area contributed by atoms with E-state index in [1.54, 1.807) is 22.7 Å². The minimum absolute atomic E-state index is 0.0168. The van der Waals surface area contributed by atoms with Crippen molar-refractivity contribution in [3.05, 3.63) is 40.4 Å². The van der Waals surface area contributed by atoms with Gasteiger partial charge in [0.2, 0.25) is 20.1 Å². The second-order valence-corrected chi connectivity index (χ2v) is 14.7. The van der Waals surface area contributed by atoms with Gasteiger partial charge in [0.1, 0.15) is 16.6 Å². The number of nitriles is 1. The molecular weight excluding hydrogens is 565 g/mol. The summed E-state index contributed by atoms with van der Waals surface area (Å²) in [6, 6.07) is 10.9. The van der Waals surface area contributed by atoms with Crippen LogP contribution in [0.5, 0.6) is 0 Å². The number of hydrogen-bond acceptors (Lipinski definition) is 10. The Morgan fingerprint density at radius 3 is 2.38 bits per heavy atom. The Morgan fingerprint density at radius 2 is 1.77 bits per heavy atom. The first-order chi connectivity index (χ1) is 19.1. The standard InChI is InChI=1S/C27H32N8O2S3/c1-6-21-24(32(3)25-30-23(22(15-28)38-25)17-9-7-16(2)8-10-17)35-26(29-21)39-27(31-35)34-18-11-12-19(34)14-20(13-18)33(4)40(5,36)37/h7-10,18-20H,6,11-14H2,1-5H3. The molecule has 2 atom stereocenters. The van der Waals surface area contributed by atoms with Crippen molar-refractivity contribution >= 4 is 53.7 Å². The molecule has 6 rings (SSSR count). The lowest BCUT2D eigenvalue weighted by Crippen LogP contribution is -2.50. The topological polar surface area (TPSA) is 111 Å². The monoisotopic (exact) mass is 596 g/mol. The van der Waals surface area contributed by atoms with Crippen molar-refractivity contribution in [3.8, 4) is 17.3 Å². The van der Waals surface area contributed by atoms with Crippen molar-refractivity contribution in [2.24, 2.45) is 0 Å². The zero-order valence-corrected chi connectivity index (χ0v) is 25.6. The first kappa shape index (κ1) is 27.1. The number of anilines is 3. The molecular formula is C27H32N8O2S3. The fourth-order valence-electron chi connectivity index (χ4n) is 6.00. The molecule has 2 unspecified atom stereocenters. The number of aromatic nitrogens is 4. The first-order valence-electron chi connectivity index (χ1n) is 13.4. The maximum atomic E-state index is 12.2. The molecule has 0 saturated carbocycles. The van der Waals surface area contributed by atoms with Gasteiger partial charge in [0.15, 0.2) is 10.9 Å². The average Bonchev–Trinajstić information content (AvgIpc) is 3.67. The van der Waals surface area contributed by atoms with E-state index in [9.17, 15) is 13.7 Å². The van der Waals surface area contributed by atoms with E-state index in [0.29, 0.717) is 15.7 Å². The lowest BCUT2D eigenvalue weighted by atomic mass is 9.98. The average molecular weight is 597 g/mol. The molecule has 2 bridgehead atoms. The number of aryl methyl sites for hydroxylation is 2. The number of fused-ring (bicyclic) bond motifs is 3. The van der Waals surface area contributed by atoms with Crippen molar-refractivity contribution in [1.82, 2.24) is 23.9 Å². The smallest absolute Gasteiger partial charge is 0.216 e. The van der Waals surface area contributed by atoms with Crippen LogP contribution in [0.15, 0.2) is 24.3 Å². The molecule has 0 radical (unpaired) electrons. The Morgan fingerprint density at radius 1 is 1.10 bits per heavy atom. The molecule has 40 heavy (non-hydrogen) atoms. The van der Waals surface area contributed by atoms with Gasteiger partial charge in [-0.3, -0.25) is 0 Å². The summed E-state index contributed by atoms with van der Waals surface area (Å²) in [5.74, 6) is 0.854. The Hall–Kier alpha value is -3.05. The molecule has 10 nitrogen and oxygen atoms in total. The Balaban J connectivity index is 1.33. The number of hydrogen-bond donors (Lipinski definition) is 0. The summed E-state index contributed by atoms with van der Waals surface area (Å²) in [5.41, 5.74) is 3.69. The van der Waals surface area contributed by atoms with Crippen molar-refractivity contribution in [1.29, 1.82) is 5.26 Å². The van der Waals surface area contributed by atoms with Gasteiger partial charge in [0.05, 0.1) is 11.9 Å². The Labute approximate surface area is 242 Å². The minimum atomic E-state index is -3.23. The number of piperidine rings is 1. The van der Waals surface area contributed by atoms with E-state index in [2.05, 4.69) is 17.9 Å². The molecule has 2 fully saturated rings. The predicted octanol–water partition coefficient (Wildman–Crippen LogP) is 4.82. The second kappa shape index (κ2) is 10.1. The number of nitrogens with zero attached hydrogens (tertiary/aromatic N) is 8. The van der Waals surface area contributed by atoms with Gasteiger partial charge in [0.25, 0.3) is 0 Å². The van der Waals surface area contributed by atoms with Gasteiger partial charge in [-0.1, -0.05) is 59.4 Å². The van der Waals surface area contributed by atoms with E-state index in [1.165, 1.54) is 17.6 Å². The highest BCUT2D eigenvalue weighted by Crippen LogP contribution is 2.44. The number of benzene rings is 1. The number of sulfonamides is 1. The largest absolute Gasteiger partial charge is 0.341 e. The molecule has 1 aromatic carbocycles. The molecule has 0 spiro atoms. The van der Waals surface area contributed by atoms with Crippen LogP contribution in [0.1, 0.15) is 48.7 Å². The maximum Gasteiger partial charge on any atom is 0.216 e. The van der Waals surface area contributed by atoms with Gasteiger partial charge >= 0.3 is 0 Å². The van der Waals surface area contributed by atoms with Crippen LogP contribution < -0.4 is 9.80 Å². The van der Waals surface area contributed by atoms with Crippen molar-refractivity contribution in [2.75, 3.05) is 30.2 Å². The molecule has 0 aliphatic carbocycles. The van der Waals surface area contributed by atoms with Gasteiger partial charge < -0.3 is 9.80 Å². The van der Waals surface area contributed by atoms with Crippen LogP contribution >= 0.6 is 22.7 Å². The molecule has 0 N–H and O–H groups in total. The van der Waals surface area contributed by atoms with Crippen molar-refractivity contribution in [3.63, 3.8) is 0 Å². The zero-order chi connectivity index (χ0) is 28.3. The predicted molar refractivity (Wildman–Crippen MR) is 160 cm³/mol. The highest BCUT2D eigenvalue weighted by molar-refractivity contribution is 7.88. The van der Waals surface area contributed by atoms with Gasteiger partial charge in [0, 0.05) is 37.8 Å². The lowest BCUT2D eigenvalue weighted by molar-refractivity contribution is 0.277. The van der Waals surface area contributed by atoms with E-state index >= 15 is 0 Å². The van der Waals surface area contributed by atoms with Gasteiger partial charge in [-0.2, -0.15) is 9.78 Å². The van der Waals surface area contributed by atoms with Crippen molar-refractivity contribution in [2.45, 2.75) is 64.1 Å².